The number of carbonyl (C=O) groups excluding carboxylic acids is 2. The summed E-state index contributed by atoms with van der Waals surface area (Å²) < 4.78 is 27.0. The quantitative estimate of drug-likeness (QED) is 0.387. The van der Waals surface area contributed by atoms with Gasteiger partial charge in [0.2, 0.25) is 5.82 Å². The van der Waals surface area contributed by atoms with Gasteiger partial charge in [0.05, 0.1) is 19.3 Å². The second-order valence-electron chi connectivity index (χ2n) is 8.14. The molecule has 2 heterocycles. The van der Waals surface area contributed by atoms with E-state index in [4.69, 9.17) is 23.5 Å². The Labute approximate surface area is 209 Å². The Kier molecular flexibility index (Phi) is 8.38. The van der Waals surface area contributed by atoms with Crippen molar-refractivity contribution in [1.82, 2.24) is 15.0 Å². The first-order valence-corrected chi connectivity index (χ1v) is 11.9. The number of esters is 1. The first-order chi connectivity index (χ1) is 17.6. The van der Waals surface area contributed by atoms with Crippen LogP contribution in [0.5, 0.6) is 17.2 Å². The predicted molar refractivity (Wildman–Crippen MR) is 129 cm³/mol. The fraction of sp³-hybridized carbons (Fsp3) is 0.385. The molecule has 1 saturated heterocycles. The maximum Gasteiger partial charge on any atom is 0.338 e. The van der Waals surface area contributed by atoms with Crippen LogP contribution < -0.4 is 14.2 Å². The number of benzene rings is 2. The third kappa shape index (κ3) is 6.32. The first-order valence-electron chi connectivity index (χ1n) is 11.9. The summed E-state index contributed by atoms with van der Waals surface area (Å²) in [6.45, 7) is 3.43. The van der Waals surface area contributed by atoms with Gasteiger partial charge in [0, 0.05) is 18.7 Å². The lowest BCUT2D eigenvalue weighted by Crippen LogP contribution is -2.38. The Balaban J connectivity index is 1.35. The number of likely N-dealkylation sites (tertiary alicyclic amines) is 1. The molecule has 1 aliphatic rings. The molecule has 0 unspecified atom stereocenters. The third-order valence-corrected chi connectivity index (χ3v) is 5.68. The lowest BCUT2D eigenvalue weighted by molar-refractivity contribution is -0.134. The van der Waals surface area contributed by atoms with E-state index >= 15 is 0 Å². The average molecular weight is 496 g/mol. The van der Waals surface area contributed by atoms with Crippen LogP contribution in [0.2, 0.25) is 0 Å². The summed E-state index contributed by atoms with van der Waals surface area (Å²) in [4.78, 5) is 31.1. The van der Waals surface area contributed by atoms with Crippen LogP contribution in [-0.4, -0.2) is 60.3 Å². The van der Waals surface area contributed by atoms with Crippen LogP contribution in [-0.2, 0) is 16.1 Å². The normalized spacial score (nSPS) is 13.2. The number of methoxy groups -OCH3 is 1. The Bertz CT molecular complexity index is 1170. The van der Waals surface area contributed by atoms with E-state index in [0.717, 1.165) is 37.9 Å². The predicted octanol–water partition coefficient (Wildman–Crippen LogP) is 3.89. The van der Waals surface area contributed by atoms with E-state index in [1.807, 2.05) is 11.8 Å². The van der Waals surface area contributed by atoms with Gasteiger partial charge >= 0.3 is 5.97 Å². The van der Waals surface area contributed by atoms with Crippen LogP contribution in [0.1, 0.15) is 42.4 Å². The number of rotatable bonds is 10. The maximum atomic E-state index is 12.6. The molecule has 1 aliphatic heterocycles. The number of hydrogen-bond acceptors (Lipinski definition) is 9. The van der Waals surface area contributed by atoms with Gasteiger partial charge in [-0.15, -0.1) is 0 Å². The number of hydrogen-bond donors (Lipinski definition) is 0. The summed E-state index contributed by atoms with van der Waals surface area (Å²) in [5.41, 5.74) is 1.01. The number of ether oxygens (including phenoxy) is 4. The minimum Gasteiger partial charge on any atom is -0.497 e. The summed E-state index contributed by atoms with van der Waals surface area (Å²) in [6, 6.07) is 11.9. The molecule has 10 heteroatoms. The average Bonchev–Trinajstić information content (AvgIpc) is 3.40. The van der Waals surface area contributed by atoms with Gasteiger partial charge in [-0.1, -0.05) is 5.16 Å². The Hall–Kier alpha value is -4.08. The second kappa shape index (κ2) is 12.1. The largest absolute Gasteiger partial charge is 0.497 e. The Morgan fingerprint density at radius 1 is 1.00 bits per heavy atom. The molecule has 0 radical (unpaired) electrons. The van der Waals surface area contributed by atoms with E-state index in [0.29, 0.717) is 29.7 Å². The second-order valence-corrected chi connectivity index (χ2v) is 8.14. The van der Waals surface area contributed by atoms with Crippen molar-refractivity contribution >= 4 is 11.9 Å². The van der Waals surface area contributed by atoms with E-state index in [9.17, 15) is 9.59 Å². The highest BCUT2D eigenvalue weighted by atomic mass is 16.6. The Morgan fingerprint density at radius 2 is 1.78 bits per heavy atom. The van der Waals surface area contributed by atoms with Crippen molar-refractivity contribution in [2.24, 2.45) is 0 Å². The minimum atomic E-state index is -0.587. The van der Waals surface area contributed by atoms with E-state index in [2.05, 4.69) is 10.1 Å². The molecular formula is C26H29N3O7. The summed E-state index contributed by atoms with van der Waals surface area (Å²) in [7, 11) is 1.59. The molecule has 0 bridgehead atoms. The van der Waals surface area contributed by atoms with Gasteiger partial charge in [-0.05, 0) is 68.7 Å². The summed E-state index contributed by atoms with van der Waals surface area (Å²) >= 11 is 0. The van der Waals surface area contributed by atoms with Gasteiger partial charge in [0.15, 0.2) is 24.7 Å². The van der Waals surface area contributed by atoms with E-state index < -0.39 is 5.97 Å². The summed E-state index contributed by atoms with van der Waals surface area (Å²) in [5, 5.41) is 3.93. The fourth-order valence-corrected chi connectivity index (χ4v) is 3.78. The topological polar surface area (TPSA) is 113 Å². The molecule has 0 aliphatic carbocycles. The number of aromatic nitrogens is 2. The van der Waals surface area contributed by atoms with Crippen molar-refractivity contribution in [2.45, 2.75) is 32.8 Å². The van der Waals surface area contributed by atoms with Gasteiger partial charge in [0.25, 0.3) is 11.8 Å². The van der Waals surface area contributed by atoms with Gasteiger partial charge in [-0.2, -0.15) is 4.98 Å². The van der Waals surface area contributed by atoms with Crippen LogP contribution in [0.3, 0.4) is 0 Å². The van der Waals surface area contributed by atoms with Crippen molar-refractivity contribution in [3.8, 4) is 28.6 Å². The number of carbonyl (C=O) groups is 2. The van der Waals surface area contributed by atoms with Crippen LogP contribution >= 0.6 is 0 Å². The highest BCUT2D eigenvalue weighted by Crippen LogP contribution is 2.29. The van der Waals surface area contributed by atoms with Crippen molar-refractivity contribution < 1.29 is 33.1 Å². The molecule has 190 valence electrons. The fourth-order valence-electron chi connectivity index (χ4n) is 3.78. The van der Waals surface area contributed by atoms with Crippen molar-refractivity contribution in [3.05, 3.63) is 53.9 Å². The molecule has 1 fully saturated rings. The molecule has 0 N–H and O–H groups in total. The van der Waals surface area contributed by atoms with Gasteiger partial charge in [-0.3, -0.25) is 4.79 Å². The highest BCUT2D eigenvalue weighted by Gasteiger charge is 2.19. The van der Waals surface area contributed by atoms with Crippen LogP contribution in [0.4, 0.5) is 0 Å². The molecule has 36 heavy (non-hydrogen) atoms. The zero-order valence-electron chi connectivity index (χ0n) is 20.4. The molecule has 2 aromatic carbocycles. The summed E-state index contributed by atoms with van der Waals surface area (Å²) in [5.74, 6) is 1.36. The lowest BCUT2D eigenvalue weighted by Gasteiger charge is -2.26. The molecule has 0 spiro atoms. The van der Waals surface area contributed by atoms with Gasteiger partial charge < -0.3 is 28.4 Å². The van der Waals surface area contributed by atoms with Gasteiger partial charge in [0.1, 0.15) is 5.75 Å². The van der Waals surface area contributed by atoms with Crippen molar-refractivity contribution in [3.63, 3.8) is 0 Å². The maximum absolute atomic E-state index is 12.6. The molecule has 3 aromatic rings. The minimum absolute atomic E-state index is 0.0609. The SMILES string of the molecule is CCOc1cc(C(=O)OCc2nc(-c3ccc(OC)cc3)no2)ccc1OCC(=O)N1CCCCC1. The van der Waals surface area contributed by atoms with Gasteiger partial charge in [-0.25, -0.2) is 4.79 Å². The molecule has 1 aromatic heterocycles. The smallest absolute Gasteiger partial charge is 0.338 e. The first kappa shape index (κ1) is 25.0. The lowest BCUT2D eigenvalue weighted by atomic mass is 10.1. The standard InChI is InChI=1S/C26H29N3O7/c1-3-33-22-15-19(9-12-21(22)34-17-24(30)29-13-5-4-6-14-29)26(31)35-16-23-27-25(28-36-23)18-7-10-20(32-2)11-8-18/h7-12,15H,3-6,13-14,16-17H2,1-2H3. The van der Waals surface area contributed by atoms with E-state index in [1.165, 1.54) is 6.07 Å². The molecule has 0 saturated carbocycles. The van der Waals surface area contributed by atoms with Crippen molar-refractivity contribution in [2.75, 3.05) is 33.4 Å². The van der Waals surface area contributed by atoms with Crippen LogP contribution in [0, 0.1) is 0 Å². The van der Waals surface area contributed by atoms with E-state index in [-0.39, 0.29) is 30.6 Å². The zero-order chi connectivity index (χ0) is 25.3. The molecular weight excluding hydrogens is 466 g/mol. The van der Waals surface area contributed by atoms with Crippen LogP contribution in [0.15, 0.2) is 47.0 Å². The molecule has 0 atom stereocenters. The monoisotopic (exact) mass is 495 g/mol. The highest BCUT2D eigenvalue weighted by molar-refractivity contribution is 5.90. The van der Waals surface area contributed by atoms with E-state index in [1.54, 1.807) is 43.5 Å². The Morgan fingerprint density at radius 3 is 2.50 bits per heavy atom. The summed E-state index contributed by atoms with van der Waals surface area (Å²) in [6.07, 6.45) is 3.17. The molecule has 1 amide bonds. The molecule has 10 nitrogen and oxygen atoms in total. The third-order valence-electron chi connectivity index (χ3n) is 5.68. The number of nitrogens with zero attached hydrogens (tertiary/aromatic N) is 3. The number of amides is 1. The van der Waals surface area contributed by atoms with Crippen LogP contribution in [0.25, 0.3) is 11.4 Å². The number of piperidine rings is 1. The van der Waals surface area contributed by atoms with Crippen molar-refractivity contribution in [1.29, 1.82) is 0 Å². The zero-order valence-corrected chi connectivity index (χ0v) is 20.4. The molecule has 4 rings (SSSR count).